The molecule has 0 amide bonds. The largest absolute Gasteiger partial charge is 0.472 e. The highest BCUT2D eigenvalue weighted by Crippen LogP contribution is 2.38. The van der Waals surface area contributed by atoms with Gasteiger partial charge in [-0.15, -0.1) is 0 Å². The van der Waals surface area contributed by atoms with E-state index in [0.717, 1.165) is 11.8 Å². The molecule has 3 aliphatic rings. The molecule has 3 fully saturated rings. The molecule has 1 aliphatic carbocycles. The van der Waals surface area contributed by atoms with Gasteiger partial charge in [-0.05, 0) is 31.0 Å². The first kappa shape index (κ1) is 20.1. The number of piperazine rings is 1. The molecule has 160 valence electrons. The molecular weight excluding hydrogens is 431 g/mol. The van der Waals surface area contributed by atoms with Gasteiger partial charge in [-0.2, -0.15) is 4.31 Å². The van der Waals surface area contributed by atoms with Gasteiger partial charge in [0.2, 0.25) is 15.9 Å². The Morgan fingerprint density at radius 3 is 2.70 bits per heavy atom. The number of hydrogen-bond acceptors (Lipinski definition) is 6. The maximum absolute atomic E-state index is 14.2. The van der Waals surface area contributed by atoms with Gasteiger partial charge in [0, 0.05) is 49.6 Å². The second kappa shape index (κ2) is 7.71. The van der Waals surface area contributed by atoms with Gasteiger partial charge in [0.15, 0.2) is 0 Å². The molecule has 1 aromatic heterocycles. The maximum atomic E-state index is 14.2. The van der Waals surface area contributed by atoms with Gasteiger partial charge >= 0.3 is 0 Å². The summed E-state index contributed by atoms with van der Waals surface area (Å²) in [6.07, 6.45) is 6.39. The Balaban J connectivity index is 1.25. The molecule has 1 saturated carbocycles. The SMILES string of the molecule is O=S(=O)(c1cc(Cl)ccc1F)N1CCN2C[C@@H](Oc3cnc(C4CC4)cn3)C[C@H]2C1. The monoisotopic (exact) mass is 452 g/mol. The van der Waals surface area contributed by atoms with Crippen LogP contribution in [0.5, 0.6) is 5.88 Å². The van der Waals surface area contributed by atoms with Gasteiger partial charge in [0.25, 0.3) is 0 Å². The summed E-state index contributed by atoms with van der Waals surface area (Å²) in [7, 11) is -3.95. The van der Waals surface area contributed by atoms with Crippen LogP contribution in [0, 0.1) is 5.82 Å². The summed E-state index contributed by atoms with van der Waals surface area (Å²) < 4.78 is 47.5. The van der Waals surface area contributed by atoms with Crippen molar-refractivity contribution in [1.29, 1.82) is 0 Å². The molecule has 2 saturated heterocycles. The van der Waals surface area contributed by atoms with Crippen LogP contribution in [0.25, 0.3) is 0 Å². The third-order valence-corrected chi connectivity index (χ3v) is 8.10. The summed E-state index contributed by atoms with van der Waals surface area (Å²) >= 11 is 5.89. The molecule has 30 heavy (non-hydrogen) atoms. The highest BCUT2D eigenvalue weighted by atomic mass is 35.5. The summed E-state index contributed by atoms with van der Waals surface area (Å²) in [4.78, 5) is 10.6. The zero-order valence-corrected chi connectivity index (χ0v) is 17.8. The zero-order chi connectivity index (χ0) is 20.9. The predicted octanol–water partition coefficient (Wildman–Crippen LogP) is 2.67. The molecule has 0 bridgehead atoms. The van der Waals surface area contributed by atoms with Crippen molar-refractivity contribution in [2.24, 2.45) is 0 Å². The fraction of sp³-hybridized carbons (Fsp3) is 0.500. The Morgan fingerprint density at radius 2 is 1.97 bits per heavy atom. The minimum Gasteiger partial charge on any atom is -0.472 e. The van der Waals surface area contributed by atoms with Crippen LogP contribution in [0.1, 0.15) is 30.9 Å². The highest BCUT2D eigenvalue weighted by Gasteiger charge is 2.41. The number of sulfonamides is 1. The van der Waals surface area contributed by atoms with E-state index in [4.69, 9.17) is 16.3 Å². The van der Waals surface area contributed by atoms with Crippen LogP contribution in [-0.2, 0) is 10.0 Å². The molecule has 3 heterocycles. The Bertz CT molecular complexity index is 1050. The van der Waals surface area contributed by atoms with Gasteiger partial charge in [-0.3, -0.25) is 9.88 Å². The summed E-state index contributed by atoms with van der Waals surface area (Å²) in [6.45, 7) is 1.86. The first-order valence-corrected chi connectivity index (χ1v) is 11.9. The van der Waals surface area contributed by atoms with Crippen LogP contribution in [0.4, 0.5) is 4.39 Å². The van der Waals surface area contributed by atoms with Gasteiger partial charge in [0.05, 0.1) is 18.1 Å². The maximum Gasteiger partial charge on any atom is 0.246 e. The minimum absolute atomic E-state index is 0.0134. The van der Waals surface area contributed by atoms with E-state index in [9.17, 15) is 12.8 Å². The number of halogens is 2. The Kier molecular flexibility index (Phi) is 5.17. The second-order valence-electron chi connectivity index (χ2n) is 8.12. The van der Waals surface area contributed by atoms with E-state index in [1.807, 2.05) is 0 Å². The Labute approximate surface area is 179 Å². The molecule has 2 atom stereocenters. The quantitative estimate of drug-likeness (QED) is 0.694. The van der Waals surface area contributed by atoms with Crippen LogP contribution in [0.2, 0.25) is 5.02 Å². The first-order chi connectivity index (χ1) is 14.4. The normalized spacial score (nSPS) is 25.3. The lowest BCUT2D eigenvalue weighted by Crippen LogP contribution is -2.52. The Morgan fingerprint density at radius 1 is 1.13 bits per heavy atom. The van der Waals surface area contributed by atoms with E-state index in [2.05, 4.69) is 14.9 Å². The van der Waals surface area contributed by atoms with Crippen molar-refractivity contribution in [2.75, 3.05) is 26.2 Å². The topological polar surface area (TPSA) is 75.6 Å². The van der Waals surface area contributed by atoms with E-state index in [1.165, 1.54) is 29.3 Å². The number of aromatic nitrogens is 2. The molecule has 10 heteroatoms. The number of ether oxygens (including phenoxy) is 1. The van der Waals surface area contributed by atoms with Gasteiger partial charge in [-0.1, -0.05) is 11.6 Å². The lowest BCUT2D eigenvalue weighted by atomic mass is 10.2. The molecule has 2 aromatic rings. The van der Waals surface area contributed by atoms with Crippen LogP contribution in [0.3, 0.4) is 0 Å². The number of benzene rings is 1. The predicted molar refractivity (Wildman–Crippen MR) is 109 cm³/mol. The van der Waals surface area contributed by atoms with Crippen LogP contribution >= 0.6 is 11.6 Å². The van der Waals surface area contributed by atoms with Crippen LogP contribution in [0.15, 0.2) is 35.5 Å². The number of rotatable bonds is 5. The average molecular weight is 453 g/mol. The first-order valence-electron chi connectivity index (χ1n) is 10.1. The van der Waals surface area contributed by atoms with Crippen molar-refractivity contribution in [2.45, 2.75) is 42.2 Å². The van der Waals surface area contributed by atoms with E-state index in [-0.39, 0.29) is 22.1 Å². The summed E-state index contributed by atoms with van der Waals surface area (Å²) in [5.41, 5.74) is 1.01. The number of nitrogens with zero attached hydrogens (tertiary/aromatic N) is 4. The van der Waals surface area contributed by atoms with Gasteiger partial charge in [0.1, 0.15) is 16.8 Å². The fourth-order valence-electron chi connectivity index (χ4n) is 4.23. The molecule has 0 unspecified atom stereocenters. The van der Waals surface area contributed by atoms with Crippen molar-refractivity contribution in [1.82, 2.24) is 19.2 Å². The zero-order valence-electron chi connectivity index (χ0n) is 16.2. The van der Waals surface area contributed by atoms with E-state index in [1.54, 1.807) is 12.4 Å². The highest BCUT2D eigenvalue weighted by molar-refractivity contribution is 7.89. The van der Waals surface area contributed by atoms with Crippen molar-refractivity contribution < 1.29 is 17.5 Å². The van der Waals surface area contributed by atoms with Crippen LogP contribution < -0.4 is 4.74 Å². The number of fused-ring (bicyclic) bond motifs is 1. The van der Waals surface area contributed by atoms with Crippen molar-refractivity contribution in [3.05, 3.63) is 47.1 Å². The third kappa shape index (κ3) is 3.91. The summed E-state index contributed by atoms with van der Waals surface area (Å²) in [5, 5.41) is 0.191. The summed E-state index contributed by atoms with van der Waals surface area (Å²) in [5.74, 6) is 0.252. The second-order valence-corrected chi connectivity index (χ2v) is 10.5. The molecule has 0 spiro atoms. The molecule has 1 aromatic carbocycles. The molecular formula is C20H22ClFN4O3S. The minimum atomic E-state index is -3.95. The van der Waals surface area contributed by atoms with E-state index in [0.29, 0.717) is 44.4 Å². The van der Waals surface area contributed by atoms with E-state index < -0.39 is 15.8 Å². The fourth-order valence-corrected chi connectivity index (χ4v) is 6.03. The molecule has 0 N–H and O–H groups in total. The smallest absolute Gasteiger partial charge is 0.246 e. The van der Waals surface area contributed by atoms with E-state index >= 15 is 0 Å². The number of hydrogen-bond donors (Lipinski definition) is 0. The molecule has 7 nitrogen and oxygen atoms in total. The average Bonchev–Trinajstić information content (AvgIpc) is 3.50. The van der Waals surface area contributed by atoms with Crippen LogP contribution in [-0.4, -0.2) is 65.9 Å². The molecule has 0 radical (unpaired) electrons. The third-order valence-electron chi connectivity index (χ3n) is 5.98. The summed E-state index contributed by atoms with van der Waals surface area (Å²) in [6, 6.07) is 3.61. The van der Waals surface area contributed by atoms with Crippen molar-refractivity contribution >= 4 is 21.6 Å². The van der Waals surface area contributed by atoms with Gasteiger partial charge in [-0.25, -0.2) is 17.8 Å². The lowest BCUT2D eigenvalue weighted by Gasteiger charge is -2.36. The van der Waals surface area contributed by atoms with Crippen molar-refractivity contribution in [3.63, 3.8) is 0 Å². The lowest BCUT2D eigenvalue weighted by molar-refractivity contribution is 0.151. The molecule has 5 rings (SSSR count). The van der Waals surface area contributed by atoms with Crippen molar-refractivity contribution in [3.8, 4) is 5.88 Å². The molecule has 2 aliphatic heterocycles. The standard InChI is InChI=1S/C20H22ClFN4O3S/c21-14-3-4-17(22)19(7-14)30(27,28)26-6-5-25-12-16(8-15(25)11-26)29-20-10-23-18(9-24-20)13-1-2-13/h3-4,7,9-10,13,15-16H,1-2,5-6,8,11-12H2/t15-,16-/m0/s1. The Hall–Kier alpha value is -1.81. The van der Waals surface area contributed by atoms with Gasteiger partial charge < -0.3 is 4.74 Å².